The van der Waals surface area contributed by atoms with Gasteiger partial charge in [-0.2, -0.15) is 0 Å². The fraction of sp³-hybridized carbons (Fsp3) is 0.400. The minimum atomic E-state index is 0.657. The lowest BCUT2D eigenvalue weighted by Gasteiger charge is -2.25. The molecule has 0 aromatic heterocycles. The molecule has 0 saturated carbocycles. The minimum absolute atomic E-state index is 0.657. The molecule has 64 valence electrons. The third-order valence-electron chi connectivity index (χ3n) is 2.18. The Hall–Kier alpha value is -0.630. The summed E-state index contributed by atoms with van der Waals surface area (Å²) in [5, 5.41) is 3.53. The second kappa shape index (κ2) is 3.40. The molecule has 0 amide bonds. The summed E-state index contributed by atoms with van der Waals surface area (Å²) in [6, 6.07) is 9.18. The van der Waals surface area contributed by atoms with Crippen molar-refractivity contribution in [1.29, 1.82) is 0 Å². The SMILES string of the molecule is CCC1CSc2ccccc2N1. The van der Waals surface area contributed by atoms with Gasteiger partial charge in [-0.25, -0.2) is 0 Å². The Morgan fingerprint density at radius 1 is 1.50 bits per heavy atom. The van der Waals surface area contributed by atoms with Crippen molar-refractivity contribution in [3.63, 3.8) is 0 Å². The lowest BCUT2D eigenvalue weighted by atomic mass is 10.2. The van der Waals surface area contributed by atoms with Crippen LogP contribution in [0.5, 0.6) is 0 Å². The van der Waals surface area contributed by atoms with Crippen LogP contribution in [0.3, 0.4) is 0 Å². The number of para-hydroxylation sites is 1. The van der Waals surface area contributed by atoms with Gasteiger partial charge in [-0.15, -0.1) is 11.8 Å². The van der Waals surface area contributed by atoms with Crippen LogP contribution in [-0.4, -0.2) is 11.8 Å². The molecule has 0 saturated heterocycles. The zero-order valence-corrected chi connectivity index (χ0v) is 8.03. The van der Waals surface area contributed by atoms with E-state index in [0.717, 1.165) is 0 Å². The molecule has 1 nitrogen and oxygen atoms in total. The van der Waals surface area contributed by atoms with Crippen LogP contribution in [0, 0.1) is 0 Å². The van der Waals surface area contributed by atoms with Gasteiger partial charge in [0, 0.05) is 22.4 Å². The number of hydrogen-bond donors (Lipinski definition) is 1. The highest BCUT2D eigenvalue weighted by atomic mass is 32.2. The smallest absolute Gasteiger partial charge is 0.0480 e. The van der Waals surface area contributed by atoms with Crippen LogP contribution in [0.25, 0.3) is 0 Å². The maximum absolute atomic E-state index is 3.53. The number of thioether (sulfide) groups is 1. The molecular formula is C10H13NS. The van der Waals surface area contributed by atoms with Crippen molar-refractivity contribution in [3.8, 4) is 0 Å². The van der Waals surface area contributed by atoms with Crippen molar-refractivity contribution in [2.75, 3.05) is 11.1 Å². The van der Waals surface area contributed by atoms with Gasteiger partial charge in [-0.1, -0.05) is 19.1 Å². The molecule has 1 aliphatic rings. The van der Waals surface area contributed by atoms with Crippen molar-refractivity contribution < 1.29 is 0 Å². The Balaban J connectivity index is 2.23. The van der Waals surface area contributed by atoms with Crippen LogP contribution in [0.2, 0.25) is 0 Å². The van der Waals surface area contributed by atoms with E-state index in [-0.39, 0.29) is 0 Å². The molecule has 0 spiro atoms. The Morgan fingerprint density at radius 3 is 3.17 bits per heavy atom. The van der Waals surface area contributed by atoms with E-state index in [1.54, 1.807) is 0 Å². The first-order chi connectivity index (χ1) is 5.90. The molecule has 1 atom stereocenters. The first-order valence-electron chi connectivity index (χ1n) is 4.38. The highest BCUT2D eigenvalue weighted by Gasteiger charge is 2.15. The molecular weight excluding hydrogens is 166 g/mol. The van der Waals surface area contributed by atoms with Crippen molar-refractivity contribution >= 4 is 17.4 Å². The third kappa shape index (κ3) is 1.44. The summed E-state index contributed by atoms with van der Waals surface area (Å²) in [5.74, 6) is 1.20. The maximum Gasteiger partial charge on any atom is 0.0480 e. The van der Waals surface area contributed by atoms with Crippen LogP contribution >= 0.6 is 11.8 Å². The number of rotatable bonds is 1. The van der Waals surface area contributed by atoms with Gasteiger partial charge in [-0.05, 0) is 18.6 Å². The molecule has 0 radical (unpaired) electrons. The number of hydrogen-bond acceptors (Lipinski definition) is 2. The molecule has 1 N–H and O–H groups in total. The number of anilines is 1. The average Bonchev–Trinajstić information content (AvgIpc) is 2.17. The summed E-state index contributed by atoms with van der Waals surface area (Å²) in [7, 11) is 0. The standard InChI is InChI=1S/C10H13NS/c1-2-8-7-12-10-6-4-3-5-9(10)11-8/h3-6,8,11H,2,7H2,1H3. The Morgan fingerprint density at radius 2 is 2.33 bits per heavy atom. The monoisotopic (exact) mass is 179 g/mol. The summed E-state index contributed by atoms with van der Waals surface area (Å²) in [6.07, 6.45) is 1.21. The lowest BCUT2D eigenvalue weighted by Crippen LogP contribution is -2.24. The van der Waals surface area contributed by atoms with Crippen LogP contribution in [0.1, 0.15) is 13.3 Å². The molecule has 1 unspecified atom stereocenters. The molecule has 0 bridgehead atoms. The quantitative estimate of drug-likeness (QED) is 0.711. The van der Waals surface area contributed by atoms with E-state index in [1.165, 1.54) is 22.8 Å². The largest absolute Gasteiger partial charge is 0.381 e. The Kier molecular flexibility index (Phi) is 2.26. The van der Waals surface area contributed by atoms with Gasteiger partial charge in [0.15, 0.2) is 0 Å². The van der Waals surface area contributed by atoms with Crippen LogP contribution in [0.15, 0.2) is 29.2 Å². The van der Waals surface area contributed by atoms with Gasteiger partial charge < -0.3 is 5.32 Å². The summed E-state index contributed by atoms with van der Waals surface area (Å²) >= 11 is 1.96. The topological polar surface area (TPSA) is 12.0 Å². The molecule has 1 aliphatic heterocycles. The number of nitrogens with one attached hydrogen (secondary N) is 1. The first kappa shape index (κ1) is 7.99. The minimum Gasteiger partial charge on any atom is -0.381 e. The summed E-state index contributed by atoms with van der Waals surface area (Å²) in [6.45, 7) is 2.23. The molecule has 1 aromatic rings. The highest BCUT2D eigenvalue weighted by molar-refractivity contribution is 7.99. The van der Waals surface area contributed by atoms with Crippen LogP contribution < -0.4 is 5.32 Å². The van der Waals surface area contributed by atoms with E-state index in [0.29, 0.717) is 6.04 Å². The third-order valence-corrected chi connectivity index (χ3v) is 3.42. The summed E-state index contributed by atoms with van der Waals surface area (Å²) in [5.41, 5.74) is 1.31. The lowest BCUT2D eigenvalue weighted by molar-refractivity contribution is 0.764. The second-order valence-corrected chi connectivity index (χ2v) is 4.12. The molecule has 1 aromatic carbocycles. The van der Waals surface area contributed by atoms with Crippen molar-refractivity contribution in [1.82, 2.24) is 0 Å². The molecule has 0 aliphatic carbocycles. The number of benzene rings is 1. The van der Waals surface area contributed by atoms with E-state index >= 15 is 0 Å². The molecule has 1 heterocycles. The second-order valence-electron chi connectivity index (χ2n) is 3.06. The van der Waals surface area contributed by atoms with Gasteiger partial charge in [0.05, 0.1) is 0 Å². The predicted octanol–water partition coefficient (Wildman–Crippen LogP) is 2.98. The van der Waals surface area contributed by atoms with Crippen LogP contribution in [0.4, 0.5) is 5.69 Å². The predicted molar refractivity (Wildman–Crippen MR) is 54.9 cm³/mol. The van der Waals surface area contributed by atoms with Gasteiger partial charge >= 0.3 is 0 Å². The normalized spacial score (nSPS) is 21.2. The molecule has 0 fully saturated rings. The fourth-order valence-corrected chi connectivity index (χ4v) is 2.54. The van der Waals surface area contributed by atoms with E-state index in [9.17, 15) is 0 Å². The molecule has 2 rings (SSSR count). The van der Waals surface area contributed by atoms with Crippen molar-refractivity contribution in [3.05, 3.63) is 24.3 Å². The fourth-order valence-electron chi connectivity index (χ4n) is 1.38. The first-order valence-corrected chi connectivity index (χ1v) is 5.37. The van der Waals surface area contributed by atoms with Crippen molar-refractivity contribution in [2.24, 2.45) is 0 Å². The van der Waals surface area contributed by atoms with E-state index < -0.39 is 0 Å². The van der Waals surface area contributed by atoms with Gasteiger partial charge in [-0.3, -0.25) is 0 Å². The van der Waals surface area contributed by atoms with Crippen molar-refractivity contribution in [2.45, 2.75) is 24.3 Å². The summed E-state index contributed by atoms with van der Waals surface area (Å²) in [4.78, 5) is 1.39. The van der Waals surface area contributed by atoms with Gasteiger partial charge in [0.1, 0.15) is 0 Å². The molecule has 2 heteroatoms. The zero-order chi connectivity index (χ0) is 8.39. The summed E-state index contributed by atoms with van der Waals surface area (Å²) < 4.78 is 0. The maximum atomic E-state index is 3.53. The number of fused-ring (bicyclic) bond motifs is 1. The van der Waals surface area contributed by atoms with E-state index in [1.807, 2.05) is 11.8 Å². The Bertz CT molecular complexity index is 272. The van der Waals surface area contributed by atoms with Gasteiger partial charge in [0.25, 0.3) is 0 Å². The Labute approximate surface area is 77.6 Å². The zero-order valence-electron chi connectivity index (χ0n) is 7.21. The van der Waals surface area contributed by atoms with E-state index in [2.05, 4.69) is 36.5 Å². The highest BCUT2D eigenvalue weighted by Crippen LogP contribution is 2.33. The molecule has 12 heavy (non-hydrogen) atoms. The van der Waals surface area contributed by atoms with Gasteiger partial charge in [0.2, 0.25) is 0 Å². The van der Waals surface area contributed by atoms with Crippen LogP contribution in [-0.2, 0) is 0 Å². The van der Waals surface area contributed by atoms with E-state index in [4.69, 9.17) is 0 Å². The average molecular weight is 179 g/mol.